The summed E-state index contributed by atoms with van der Waals surface area (Å²) in [6.07, 6.45) is 5.68. The summed E-state index contributed by atoms with van der Waals surface area (Å²) in [5, 5.41) is 0. The highest BCUT2D eigenvalue weighted by molar-refractivity contribution is 5.84. The number of rotatable bonds is 1. The molecule has 0 aromatic rings. The molecule has 2 aliphatic rings. The van der Waals surface area contributed by atoms with E-state index in [-0.39, 0.29) is 18.5 Å². The summed E-state index contributed by atoms with van der Waals surface area (Å²) >= 11 is 0. The van der Waals surface area contributed by atoms with Gasteiger partial charge in [-0.25, -0.2) is 4.79 Å². The van der Waals surface area contributed by atoms with Crippen molar-refractivity contribution in [3.05, 3.63) is 12.2 Å². The number of piperazine rings is 1. The third-order valence-corrected chi connectivity index (χ3v) is 3.33. The van der Waals surface area contributed by atoms with Crippen molar-refractivity contribution in [2.75, 3.05) is 19.6 Å². The molecule has 5 nitrogen and oxygen atoms in total. The van der Waals surface area contributed by atoms with Crippen LogP contribution >= 0.6 is 0 Å². The highest BCUT2D eigenvalue weighted by Gasteiger charge is 2.33. The first-order chi connectivity index (χ1) is 8.87. The van der Waals surface area contributed by atoms with Gasteiger partial charge in [0.15, 0.2) is 0 Å². The standard InChI is InChI=1S/C14H22N2O3/c1-14(2,3)19-13(18)15-8-9-16(12(17)10-15)11-6-4-5-7-11/h4-5,11H,6-10H2,1-3H3. The van der Waals surface area contributed by atoms with Gasteiger partial charge in [-0.15, -0.1) is 0 Å². The van der Waals surface area contributed by atoms with Crippen molar-refractivity contribution in [3.8, 4) is 0 Å². The Balaban J connectivity index is 1.89. The number of hydrogen-bond donors (Lipinski definition) is 0. The Morgan fingerprint density at radius 1 is 1.26 bits per heavy atom. The van der Waals surface area contributed by atoms with Crippen LogP contribution in [0.25, 0.3) is 0 Å². The van der Waals surface area contributed by atoms with Gasteiger partial charge in [0.05, 0.1) is 0 Å². The molecule has 0 spiro atoms. The van der Waals surface area contributed by atoms with Crippen LogP contribution in [0.15, 0.2) is 12.2 Å². The molecule has 19 heavy (non-hydrogen) atoms. The topological polar surface area (TPSA) is 49.9 Å². The molecule has 1 fully saturated rings. The molecular weight excluding hydrogens is 244 g/mol. The lowest BCUT2D eigenvalue weighted by Crippen LogP contribution is -2.55. The zero-order valence-electron chi connectivity index (χ0n) is 11.9. The van der Waals surface area contributed by atoms with Crippen LogP contribution in [0, 0.1) is 0 Å². The molecule has 0 unspecified atom stereocenters. The normalized spacial score (nSPS) is 21.1. The Kier molecular flexibility index (Phi) is 3.83. The maximum atomic E-state index is 12.1. The maximum Gasteiger partial charge on any atom is 0.410 e. The van der Waals surface area contributed by atoms with Crippen molar-refractivity contribution >= 4 is 12.0 Å². The second-order valence-corrected chi connectivity index (χ2v) is 6.09. The van der Waals surface area contributed by atoms with Gasteiger partial charge >= 0.3 is 6.09 Å². The quantitative estimate of drug-likeness (QED) is 0.680. The van der Waals surface area contributed by atoms with Crippen LogP contribution in [-0.4, -0.2) is 53.1 Å². The SMILES string of the molecule is CC(C)(C)OC(=O)N1CCN(C2CC=CC2)C(=O)C1. The molecule has 0 N–H and O–H groups in total. The van der Waals surface area contributed by atoms with Crippen molar-refractivity contribution in [1.29, 1.82) is 0 Å². The van der Waals surface area contributed by atoms with Crippen LogP contribution in [-0.2, 0) is 9.53 Å². The lowest BCUT2D eigenvalue weighted by atomic mass is 10.1. The second kappa shape index (κ2) is 5.23. The molecule has 0 atom stereocenters. The third-order valence-electron chi connectivity index (χ3n) is 3.33. The monoisotopic (exact) mass is 266 g/mol. The maximum absolute atomic E-state index is 12.1. The molecule has 0 radical (unpaired) electrons. The van der Waals surface area contributed by atoms with Crippen LogP contribution in [0.3, 0.4) is 0 Å². The van der Waals surface area contributed by atoms with E-state index < -0.39 is 11.7 Å². The number of carbonyl (C=O) groups excluding carboxylic acids is 2. The van der Waals surface area contributed by atoms with Gasteiger partial charge in [0.1, 0.15) is 12.1 Å². The third kappa shape index (κ3) is 3.49. The van der Waals surface area contributed by atoms with Crippen LogP contribution in [0.4, 0.5) is 4.79 Å². The van der Waals surface area contributed by atoms with Gasteiger partial charge in [-0.2, -0.15) is 0 Å². The fourth-order valence-electron chi connectivity index (χ4n) is 2.41. The highest BCUT2D eigenvalue weighted by Crippen LogP contribution is 2.20. The van der Waals surface area contributed by atoms with Crippen molar-refractivity contribution in [2.45, 2.75) is 45.3 Å². The molecule has 0 bridgehead atoms. The highest BCUT2D eigenvalue weighted by atomic mass is 16.6. The van der Waals surface area contributed by atoms with Gasteiger partial charge in [-0.05, 0) is 33.6 Å². The minimum atomic E-state index is -0.521. The molecule has 1 saturated heterocycles. The van der Waals surface area contributed by atoms with Gasteiger partial charge in [-0.3, -0.25) is 9.69 Å². The summed E-state index contributed by atoms with van der Waals surface area (Å²) in [6.45, 7) is 6.76. The van der Waals surface area contributed by atoms with Crippen molar-refractivity contribution < 1.29 is 14.3 Å². The van der Waals surface area contributed by atoms with Gasteiger partial charge in [0.2, 0.25) is 5.91 Å². The first-order valence-electron chi connectivity index (χ1n) is 6.79. The van der Waals surface area contributed by atoms with E-state index in [4.69, 9.17) is 4.74 Å². The number of amides is 2. The summed E-state index contributed by atoms with van der Waals surface area (Å²) < 4.78 is 5.29. The molecule has 5 heteroatoms. The Morgan fingerprint density at radius 2 is 1.89 bits per heavy atom. The largest absolute Gasteiger partial charge is 0.444 e. The molecule has 0 aromatic carbocycles. The van der Waals surface area contributed by atoms with E-state index in [0.29, 0.717) is 13.1 Å². The molecular formula is C14H22N2O3. The van der Waals surface area contributed by atoms with Crippen LogP contribution in [0.5, 0.6) is 0 Å². The van der Waals surface area contributed by atoms with E-state index in [0.717, 1.165) is 12.8 Å². The van der Waals surface area contributed by atoms with Gasteiger partial charge in [-0.1, -0.05) is 12.2 Å². The van der Waals surface area contributed by atoms with Crippen molar-refractivity contribution in [1.82, 2.24) is 9.80 Å². The average Bonchev–Trinajstić information content (AvgIpc) is 2.79. The summed E-state index contributed by atoms with van der Waals surface area (Å²) in [5.74, 6) is 0.0193. The Hall–Kier alpha value is -1.52. The Morgan fingerprint density at radius 3 is 2.42 bits per heavy atom. The fraction of sp³-hybridized carbons (Fsp3) is 0.714. The van der Waals surface area contributed by atoms with Crippen molar-refractivity contribution in [2.24, 2.45) is 0 Å². The number of hydrogen-bond acceptors (Lipinski definition) is 3. The summed E-state index contributed by atoms with van der Waals surface area (Å²) in [5.41, 5.74) is -0.521. The number of nitrogens with zero attached hydrogens (tertiary/aromatic N) is 2. The summed E-state index contributed by atoms with van der Waals surface area (Å²) in [4.78, 5) is 27.4. The van der Waals surface area contributed by atoms with Crippen molar-refractivity contribution in [3.63, 3.8) is 0 Å². The van der Waals surface area contributed by atoms with E-state index in [9.17, 15) is 9.59 Å². The minimum Gasteiger partial charge on any atom is -0.444 e. The predicted molar refractivity (Wildman–Crippen MR) is 71.7 cm³/mol. The molecule has 2 amide bonds. The molecule has 1 aliphatic heterocycles. The fourth-order valence-corrected chi connectivity index (χ4v) is 2.41. The Bertz CT molecular complexity index is 390. The lowest BCUT2D eigenvalue weighted by Gasteiger charge is -2.38. The van der Waals surface area contributed by atoms with Crippen LogP contribution in [0.2, 0.25) is 0 Å². The average molecular weight is 266 g/mol. The van der Waals surface area contributed by atoms with Crippen LogP contribution < -0.4 is 0 Å². The molecule has 0 aromatic heterocycles. The molecule has 2 rings (SSSR count). The molecule has 106 valence electrons. The van der Waals surface area contributed by atoms with Gasteiger partial charge in [0.25, 0.3) is 0 Å². The Labute approximate surface area is 114 Å². The summed E-state index contributed by atoms with van der Waals surface area (Å²) in [7, 11) is 0. The molecule has 1 aliphatic carbocycles. The van der Waals surface area contributed by atoms with Gasteiger partial charge in [0, 0.05) is 19.1 Å². The number of carbonyl (C=O) groups is 2. The lowest BCUT2D eigenvalue weighted by molar-refractivity contribution is -0.138. The first-order valence-corrected chi connectivity index (χ1v) is 6.79. The van der Waals surface area contributed by atoms with Gasteiger partial charge < -0.3 is 9.64 Å². The number of ether oxygens (including phenoxy) is 1. The van der Waals surface area contributed by atoms with E-state index in [2.05, 4.69) is 12.2 Å². The summed E-state index contributed by atoms with van der Waals surface area (Å²) in [6, 6.07) is 0.285. The smallest absolute Gasteiger partial charge is 0.410 e. The zero-order valence-corrected chi connectivity index (χ0v) is 11.9. The molecule has 0 saturated carbocycles. The second-order valence-electron chi connectivity index (χ2n) is 6.09. The van der Waals surface area contributed by atoms with Crippen LogP contribution in [0.1, 0.15) is 33.6 Å². The van der Waals surface area contributed by atoms with E-state index in [1.165, 1.54) is 4.90 Å². The first kappa shape index (κ1) is 13.9. The van der Waals surface area contributed by atoms with E-state index in [1.807, 2.05) is 25.7 Å². The minimum absolute atomic E-state index is 0.0193. The molecule has 1 heterocycles. The zero-order chi connectivity index (χ0) is 14.0. The van der Waals surface area contributed by atoms with E-state index in [1.54, 1.807) is 0 Å². The predicted octanol–water partition coefficient (Wildman–Crippen LogP) is 1.78. The van der Waals surface area contributed by atoms with E-state index >= 15 is 0 Å².